The van der Waals surface area contributed by atoms with Crippen molar-refractivity contribution in [2.45, 2.75) is 51.2 Å². The highest BCUT2D eigenvalue weighted by molar-refractivity contribution is 6.31. The Morgan fingerprint density at radius 1 is 1.00 bits per heavy atom. The van der Waals surface area contributed by atoms with Gasteiger partial charge in [0.15, 0.2) is 0 Å². The van der Waals surface area contributed by atoms with E-state index in [1.807, 2.05) is 35.2 Å². The van der Waals surface area contributed by atoms with Crippen LogP contribution in [0.3, 0.4) is 0 Å². The first-order chi connectivity index (χ1) is 16.1. The number of carbonyl (C=O) groups is 1. The largest absolute Gasteiger partial charge is 0.497 e. The second kappa shape index (κ2) is 10.8. The van der Waals surface area contributed by atoms with Crippen LogP contribution in [0.1, 0.15) is 53.7 Å². The van der Waals surface area contributed by atoms with E-state index in [9.17, 15) is 4.79 Å². The second-order valence-electron chi connectivity index (χ2n) is 8.55. The van der Waals surface area contributed by atoms with E-state index in [0.717, 1.165) is 42.0 Å². The third-order valence-corrected chi connectivity index (χ3v) is 6.80. The molecule has 0 spiro atoms. The van der Waals surface area contributed by atoms with Gasteiger partial charge in [-0.2, -0.15) is 0 Å². The van der Waals surface area contributed by atoms with Crippen molar-refractivity contribution >= 4 is 17.5 Å². The fourth-order valence-electron chi connectivity index (χ4n) is 4.59. The lowest BCUT2D eigenvalue weighted by Crippen LogP contribution is -2.41. The number of ether oxygens (including phenoxy) is 2. The first kappa shape index (κ1) is 23.2. The molecule has 0 saturated heterocycles. The molecule has 0 N–H and O–H groups in total. The summed E-state index contributed by atoms with van der Waals surface area (Å²) in [5, 5.41) is 0.751. The van der Waals surface area contributed by atoms with Crippen LogP contribution >= 0.6 is 11.6 Å². The lowest BCUT2D eigenvalue weighted by atomic mass is 9.93. The van der Waals surface area contributed by atoms with E-state index in [1.54, 1.807) is 32.4 Å². The van der Waals surface area contributed by atoms with Crippen molar-refractivity contribution in [1.29, 1.82) is 0 Å². The minimum atomic E-state index is 0.00425. The molecule has 1 heterocycles. The Labute approximate surface area is 200 Å². The maximum Gasteiger partial charge on any atom is 0.254 e. The molecule has 1 aliphatic rings. The summed E-state index contributed by atoms with van der Waals surface area (Å²) in [6.07, 6.45) is 7.63. The van der Waals surface area contributed by atoms with Gasteiger partial charge in [-0.15, -0.1) is 0 Å². The third kappa shape index (κ3) is 5.53. The van der Waals surface area contributed by atoms with Gasteiger partial charge in [0.1, 0.15) is 11.5 Å². The zero-order chi connectivity index (χ0) is 23.2. The van der Waals surface area contributed by atoms with Crippen molar-refractivity contribution in [2.75, 3.05) is 14.2 Å². The SMILES string of the molecule is COc1cc(OC)cc(C(=O)N(Cc2cccn2Cc2ccccc2Cl)C2CCCCC2)c1. The predicted octanol–water partition coefficient (Wildman–Crippen LogP) is 6.18. The number of carbonyl (C=O) groups excluding carboxylic acids is 1. The maximum atomic E-state index is 13.8. The van der Waals surface area contributed by atoms with Crippen LogP contribution in [0.4, 0.5) is 0 Å². The number of nitrogens with zero attached hydrogens (tertiary/aromatic N) is 2. The van der Waals surface area contributed by atoms with Crippen LogP contribution < -0.4 is 9.47 Å². The van der Waals surface area contributed by atoms with Gasteiger partial charge in [0.2, 0.25) is 0 Å². The van der Waals surface area contributed by atoms with Crippen molar-refractivity contribution in [1.82, 2.24) is 9.47 Å². The summed E-state index contributed by atoms with van der Waals surface area (Å²) in [5.41, 5.74) is 2.73. The molecule has 0 radical (unpaired) electrons. The molecule has 33 heavy (non-hydrogen) atoms. The van der Waals surface area contributed by atoms with Crippen LogP contribution in [-0.4, -0.2) is 35.6 Å². The number of methoxy groups -OCH3 is 2. The lowest BCUT2D eigenvalue weighted by Gasteiger charge is -2.35. The number of hydrogen-bond acceptors (Lipinski definition) is 3. The molecule has 6 heteroatoms. The van der Waals surface area contributed by atoms with Crippen molar-refractivity contribution in [2.24, 2.45) is 0 Å². The molecule has 1 aliphatic carbocycles. The molecule has 2 aromatic carbocycles. The Bertz CT molecular complexity index is 1070. The minimum Gasteiger partial charge on any atom is -0.497 e. The van der Waals surface area contributed by atoms with Gasteiger partial charge in [0, 0.05) is 41.1 Å². The van der Waals surface area contributed by atoms with Gasteiger partial charge < -0.3 is 18.9 Å². The fraction of sp³-hybridized carbons (Fsp3) is 0.370. The third-order valence-electron chi connectivity index (χ3n) is 6.43. The molecule has 0 unspecified atom stereocenters. The number of halogens is 1. The quantitative estimate of drug-likeness (QED) is 0.398. The molecular weight excluding hydrogens is 436 g/mol. The highest BCUT2D eigenvalue weighted by Crippen LogP contribution is 2.29. The summed E-state index contributed by atoms with van der Waals surface area (Å²) in [7, 11) is 3.20. The topological polar surface area (TPSA) is 43.7 Å². The second-order valence-corrected chi connectivity index (χ2v) is 8.95. The Morgan fingerprint density at radius 2 is 1.70 bits per heavy atom. The van der Waals surface area contributed by atoms with Crippen molar-refractivity contribution in [3.05, 3.63) is 82.6 Å². The summed E-state index contributed by atoms with van der Waals surface area (Å²) in [4.78, 5) is 15.8. The predicted molar refractivity (Wildman–Crippen MR) is 131 cm³/mol. The van der Waals surface area contributed by atoms with Gasteiger partial charge >= 0.3 is 0 Å². The van der Waals surface area contributed by atoms with E-state index in [1.165, 1.54) is 6.42 Å². The van der Waals surface area contributed by atoms with Crippen molar-refractivity contribution < 1.29 is 14.3 Å². The van der Waals surface area contributed by atoms with Gasteiger partial charge in [-0.05, 0) is 48.7 Å². The van der Waals surface area contributed by atoms with Crippen LogP contribution in [-0.2, 0) is 13.1 Å². The fourth-order valence-corrected chi connectivity index (χ4v) is 4.78. The van der Waals surface area contributed by atoms with Crippen LogP contribution in [0.25, 0.3) is 0 Å². The molecule has 5 nitrogen and oxygen atoms in total. The number of rotatable bonds is 8. The highest BCUT2D eigenvalue weighted by atomic mass is 35.5. The van der Waals surface area contributed by atoms with E-state index in [2.05, 4.69) is 16.8 Å². The standard InChI is InChI=1S/C27H31ClN2O3/c1-32-24-15-21(16-25(17-24)33-2)27(31)30(22-10-4-3-5-11-22)19-23-12-8-14-29(23)18-20-9-6-7-13-26(20)28/h6-9,12-17,22H,3-5,10-11,18-19H2,1-2H3. The van der Waals surface area contributed by atoms with Gasteiger partial charge in [-0.25, -0.2) is 0 Å². The summed E-state index contributed by atoms with van der Waals surface area (Å²) < 4.78 is 13.0. The van der Waals surface area contributed by atoms with E-state index in [0.29, 0.717) is 30.2 Å². The monoisotopic (exact) mass is 466 g/mol. The van der Waals surface area contributed by atoms with Gasteiger partial charge in [-0.1, -0.05) is 49.1 Å². The number of amides is 1. The molecule has 0 bridgehead atoms. The van der Waals surface area contributed by atoms with Crippen LogP contribution in [0, 0.1) is 0 Å². The van der Waals surface area contributed by atoms with Crippen LogP contribution in [0.5, 0.6) is 11.5 Å². The van der Waals surface area contributed by atoms with E-state index in [4.69, 9.17) is 21.1 Å². The molecule has 0 atom stereocenters. The molecule has 1 fully saturated rings. The Balaban J connectivity index is 1.63. The van der Waals surface area contributed by atoms with Gasteiger partial charge in [-0.3, -0.25) is 4.79 Å². The Hall–Kier alpha value is -2.92. The van der Waals surface area contributed by atoms with Crippen LogP contribution in [0.2, 0.25) is 5.02 Å². The van der Waals surface area contributed by atoms with Crippen molar-refractivity contribution in [3.8, 4) is 11.5 Å². The molecule has 1 aromatic heterocycles. The summed E-state index contributed by atoms with van der Waals surface area (Å²) in [6, 6.07) is 17.6. The molecule has 4 rings (SSSR count). The molecule has 1 saturated carbocycles. The maximum absolute atomic E-state index is 13.8. The molecule has 174 valence electrons. The average Bonchev–Trinajstić information content (AvgIpc) is 3.30. The van der Waals surface area contributed by atoms with Gasteiger partial charge in [0.25, 0.3) is 5.91 Å². The van der Waals surface area contributed by atoms with E-state index < -0.39 is 0 Å². The van der Waals surface area contributed by atoms with E-state index in [-0.39, 0.29) is 11.9 Å². The summed E-state index contributed by atoms with van der Waals surface area (Å²) in [5.74, 6) is 1.23. The zero-order valence-corrected chi connectivity index (χ0v) is 20.1. The van der Waals surface area contributed by atoms with Gasteiger partial charge in [0.05, 0.1) is 20.8 Å². The minimum absolute atomic E-state index is 0.00425. The summed E-state index contributed by atoms with van der Waals surface area (Å²) in [6.45, 7) is 1.21. The Kier molecular flexibility index (Phi) is 7.61. The number of aromatic nitrogens is 1. The first-order valence-electron chi connectivity index (χ1n) is 11.5. The molecule has 0 aliphatic heterocycles. The molecular formula is C27H31ClN2O3. The Morgan fingerprint density at radius 3 is 2.36 bits per heavy atom. The molecule has 1 amide bonds. The van der Waals surface area contributed by atoms with Crippen molar-refractivity contribution in [3.63, 3.8) is 0 Å². The smallest absolute Gasteiger partial charge is 0.254 e. The normalized spacial score (nSPS) is 14.2. The average molecular weight is 467 g/mol. The number of hydrogen-bond donors (Lipinski definition) is 0. The zero-order valence-electron chi connectivity index (χ0n) is 19.3. The van der Waals surface area contributed by atoms with E-state index >= 15 is 0 Å². The molecule has 3 aromatic rings. The first-order valence-corrected chi connectivity index (χ1v) is 11.9. The number of benzene rings is 2. The lowest BCUT2D eigenvalue weighted by molar-refractivity contribution is 0.0608. The van der Waals surface area contributed by atoms with Crippen LogP contribution in [0.15, 0.2) is 60.8 Å². The highest BCUT2D eigenvalue weighted by Gasteiger charge is 2.28. The summed E-state index contributed by atoms with van der Waals surface area (Å²) >= 11 is 6.41.